The van der Waals surface area contributed by atoms with Gasteiger partial charge in [-0.2, -0.15) is 0 Å². The first kappa shape index (κ1) is 10.6. The lowest BCUT2D eigenvalue weighted by Crippen LogP contribution is -1.91. The van der Waals surface area contributed by atoms with Gasteiger partial charge in [0.1, 0.15) is 5.03 Å². The van der Waals surface area contributed by atoms with Crippen molar-refractivity contribution in [2.45, 2.75) is 22.4 Å². The first-order valence-electron chi connectivity index (χ1n) is 4.47. The van der Waals surface area contributed by atoms with Crippen LogP contribution in [0.5, 0.6) is 0 Å². The summed E-state index contributed by atoms with van der Waals surface area (Å²) in [6.45, 7) is 1.73. The number of rotatable bonds is 3. The van der Waals surface area contributed by atoms with Crippen LogP contribution < -0.4 is 0 Å². The van der Waals surface area contributed by atoms with E-state index >= 15 is 0 Å². The number of hydrogen-bond acceptors (Lipinski definition) is 5. The minimum atomic E-state index is -0.462. The summed E-state index contributed by atoms with van der Waals surface area (Å²) < 4.78 is 0.979. The van der Waals surface area contributed by atoms with Crippen LogP contribution in [-0.4, -0.2) is 15.1 Å². The first-order chi connectivity index (χ1) is 7.25. The molecule has 0 bridgehead atoms. The van der Waals surface area contributed by atoms with Gasteiger partial charge in [0, 0.05) is 17.8 Å². The molecular weight excluding hydrogens is 228 g/mol. The highest BCUT2D eigenvalue weighted by atomic mass is 32.2. The summed E-state index contributed by atoms with van der Waals surface area (Å²) in [7, 11) is 0. The molecule has 0 amide bonds. The van der Waals surface area contributed by atoms with Crippen LogP contribution in [0.15, 0.2) is 39.3 Å². The predicted octanol–water partition coefficient (Wildman–Crippen LogP) is 2.74. The van der Waals surface area contributed by atoms with E-state index < -0.39 is 6.10 Å². The average Bonchev–Trinajstić information content (AvgIpc) is 2.71. The Bertz CT molecular complexity index is 411. The van der Waals surface area contributed by atoms with Crippen LogP contribution in [0.1, 0.15) is 18.6 Å². The molecule has 0 aliphatic carbocycles. The van der Waals surface area contributed by atoms with Gasteiger partial charge >= 0.3 is 0 Å². The van der Waals surface area contributed by atoms with Crippen LogP contribution in [0.3, 0.4) is 0 Å². The van der Waals surface area contributed by atoms with E-state index in [1.165, 1.54) is 11.8 Å². The monoisotopic (exact) mass is 238 g/mol. The van der Waals surface area contributed by atoms with Gasteiger partial charge in [-0.25, -0.2) is 9.97 Å². The fourth-order valence-electron chi connectivity index (χ4n) is 1.05. The van der Waals surface area contributed by atoms with Gasteiger partial charge in [0.2, 0.25) is 0 Å². The van der Waals surface area contributed by atoms with E-state index in [-0.39, 0.29) is 0 Å². The second-order valence-electron chi connectivity index (χ2n) is 3.01. The molecule has 0 aliphatic heterocycles. The first-order valence-corrected chi connectivity index (χ1v) is 6.16. The fourth-order valence-corrected chi connectivity index (χ4v) is 2.56. The van der Waals surface area contributed by atoms with Gasteiger partial charge in [-0.15, -0.1) is 11.3 Å². The van der Waals surface area contributed by atoms with Gasteiger partial charge in [-0.3, -0.25) is 0 Å². The summed E-state index contributed by atoms with van der Waals surface area (Å²) in [4.78, 5) is 8.41. The lowest BCUT2D eigenvalue weighted by Gasteiger charge is -2.03. The van der Waals surface area contributed by atoms with Gasteiger partial charge in [0.25, 0.3) is 0 Å². The molecule has 2 rings (SSSR count). The third kappa shape index (κ3) is 2.77. The normalized spacial score (nSPS) is 12.7. The molecule has 3 nitrogen and oxygen atoms in total. The molecule has 78 valence electrons. The average molecular weight is 238 g/mol. The molecule has 2 aromatic rings. The summed E-state index contributed by atoms with van der Waals surface area (Å²) in [5, 5.41) is 12.1. The number of hydrogen-bond donors (Lipinski definition) is 1. The molecular formula is C10H10N2OS2. The lowest BCUT2D eigenvalue weighted by molar-refractivity contribution is 0.198. The van der Waals surface area contributed by atoms with Gasteiger partial charge < -0.3 is 5.11 Å². The van der Waals surface area contributed by atoms with E-state index in [4.69, 9.17) is 0 Å². The minimum Gasteiger partial charge on any atom is -0.389 e. The zero-order valence-corrected chi connectivity index (χ0v) is 9.76. The van der Waals surface area contributed by atoms with Crippen molar-refractivity contribution in [3.05, 3.63) is 35.5 Å². The number of aliphatic hydroxyl groups is 1. The van der Waals surface area contributed by atoms with Crippen LogP contribution in [0.25, 0.3) is 0 Å². The zero-order chi connectivity index (χ0) is 10.7. The van der Waals surface area contributed by atoms with E-state index in [0.717, 1.165) is 14.9 Å². The van der Waals surface area contributed by atoms with Gasteiger partial charge in [-0.05, 0) is 30.3 Å². The number of nitrogens with zero attached hydrogens (tertiary/aromatic N) is 2. The number of aromatic nitrogens is 2. The standard InChI is InChI=1S/C10H10N2OS2/c1-7(13)8-2-3-9(12-6-8)15-10-11-4-5-14-10/h2-7,13H,1H3/t7-/m0/s1. The Labute approximate surface area is 96.2 Å². The molecule has 0 fully saturated rings. The molecule has 0 radical (unpaired) electrons. The predicted molar refractivity (Wildman–Crippen MR) is 61.1 cm³/mol. The van der Waals surface area contributed by atoms with E-state index in [1.54, 1.807) is 30.7 Å². The van der Waals surface area contributed by atoms with E-state index in [1.807, 2.05) is 17.5 Å². The van der Waals surface area contributed by atoms with Crippen LogP contribution in [-0.2, 0) is 0 Å². The molecule has 5 heteroatoms. The van der Waals surface area contributed by atoms with Crippen molar-refractivity contribution in [2.75, 3.05) is 0 Å². The second-order valence-corrected chi connectivity index (χ2v) is 5.17. The Morgan fingerprint density at radius 1 is 1.40 bits per heavy atom. The van der Waals surface area contributed by atoms with Crippen molar-refractivity contribution in [1.82, 2.24) is 9.97 Å². The third-order valence-corrected chi connectivity index (χ3v) is 3.68. The van der Waals surface area contributed by atoms with Crippen molar-refractivity contribution >= 4 is 23.1 Å². The van der Waals surface area contributed by atoms with Crippen LogP contribution in [0.2, 0.25) is 0 Å². The quantitative estimate of drug-likeness (QED) is 0.893. The molecule has 15 heavy (non-hydrogen) atoms. The Hall–Kier alpha value is -0.910. The Morgan fingerprint density at radius 3 is 2.80 bits per heavy atom. The molecule has 0 spiro atoms. The molecule has 2 aromatic heterocycles. The van der Waals surface area contributed by atoms with Gasteiger partial charge in [0.05, 0.1) is 6.10 Å². The molecule has 0 unspecified atom stereocenters. The topological polar surface area (TPSA) is 46.0 Å². The molecule has 2 heterocycles. The highest BCUT2D eigenvalue weighted by Crippen LogP contribution is 2.27. The highest BCUT2D eigenvalue weighted by Gasteiger charge is 2.03. The van der Waals surface area contributed by atoms with E-state index in [9.17, 15) is 5.11 Å². The van der Waals surface area contributed by atoms with Gasteiger partial charge in [0.15, 0.2) is 4.34 Å². The molecule has 0 saturated carbocycles. The Kier molecular flexibility index (Phi) is 3.35. The maximum Gasteiger partial charge on any atom is 0.156 e. The van der Waals surface area contributed by atoms with Crippen LogP contribution in [0, 0.1) is 0 Å². The van der Waals surface area contributed by atoms with Crippen molar-refractivity contribution in [2.24, 2.45) is 0 Å². The van der Waals surface area contributed by atoms with Crippen molar-refractivity contribution in [1.29, 1.82) is 0 Å². The number of aliphatic hydroxyl groups excluding tert-OH is 1. The van der Waals surface area contributed by atoms with Crippen molar-refractivity contribution in [3.8, 4) is 0 Å². The Morgan fingerprint density at radius 2 is 2.27 bits per heavy atom. The summed E-state index contributed by atoms with van der Waals surface area (Å²) in [6, 6.07) is 3.78. The van der Waals surface area contributed by atoms with E-state index in [2.05, 4.69) is 9.97 Å². The lowest BCUT2D eigenvalue weighted by atomic mass is 10.2. The summed E-state index contributed by atoms with van der Waals surface area (Å²) in [5.41, 5.74) is 0.832. The summed E-state index contributed by atoms with van der Waals surface area (Å²) in [5.74, 6) is 0. The summed E-state index contributed by atoms with van der Waals surface area (Å²) >= 11 is 3.12. The third-order valence-electron chi connectivity index (χ3n) is 1.84. The minimum absolute atomic E-state index is 0.462. The van der Waals surface area contributed by atoms with Crippen LogP contribution >= 0.6 is 23.1 Å². The zero-order valence-electron chi connectivity index (χ0n) is 8.12. The fraction of sp³-hybridized carbons (Fsp3) is 0.200. The number of thiazole rings is 1. The highest BCUT2D eigenvalue weighted by molar-refractivity contribution is 8.00. The Balaban J connectivity index is 2.11. The molecule has 0 aliphatic rings. The smallest absolute Gasteiger partial charge is 0.156 e. The van der Waals surface area contributed by atoms with Crippen LogP contribution in [0.4, 0.5) is 0 Å². The molecule has 1 atom stereocenters. The summed E-state index contributed by atoms with van der Waals surface area (Å²) in [6.07, 6.45) is 3.01. The van der Waals surface area contributed by atoms with Crippen molar-refractivity contribution < 1.29 is 5.11 Å². The SMILES string of the molecule is C[C@H](O)c1ccc(Sc2nccs2)nc1. The maximum atomic E-state index is 9.31. The molecule has 0 aromatic carbocycles. The van der Waals surface area contributed by atoms with Crippen molar-refractivity contribution in [3.63, 3.8) is 0 Å². The second kappa shape index (κ2) is 4.74. The largest absolute Gasteiger partial charge is 0.389 e. The maximum absolute atomic E-state index is 9.31. The molecule has 0 saturated heterocycles. The molecule has 1 N–H and O–H groups in total. The van der Waals surface area contributed by atoms with Gasteiger partial charge in [-0.1, -0.05) is 6.07 Å². The number of pyridine rings is 1. The van der Waals surface area contributed by atoms with E-state index in [0.29, 0.717) is 0 Å².